The molecule has 1 aromatic heterocycles. The molecule has 0 radical (unpaired) electrons. The van der Waals surface area contributed by atoms with Crippen LogP contribution in [0.1, 0.15) is 54.1 Å². The van der Waals surface area contributed by atoms with Crippen LogP contribution in [-0.4, -0.2) is 10.8 Å². The van der Waals surface area contributed by atoms with E-state index in [4.69, 9.17) is 17.3 Å². The van der Waals surface area contributed by atoms with Gasteiger partial charge >= 0.3 is 0 Å². The Labute approximate surface area is 164 Å². The quantitative estimate of drug-likeness (QED) is 0.356. The molecule has 2 N–H and O–H groups in total. The minimum absolute atomic E-state index is 0.181. The largest absolute Gasteiger partial charge is 0.383 e. The van der Waals surface area contributed by atoms with Gasteiger partial charge in [0.05, 0.1) is 5.56 Å². The maximum Gasteiger partial charge on any atom is 0.162 e. The number of Topliss-reactive ketones (excluding diaryl/α,β-unsaturated/α-hetero) is 1. The zero-order valence-corrected chi connectivity index (χ0v) is 16.0. The topological polar surface area (TPSA) is 56.0 Å². The van der Waals surface area contributed by atoms with Gasteiger partial charge in [-0.05, 0) is 30.7 Å². The number of hydrogen-bond donors (Lipinski definition) is 1. The predicted octanol–water partition coefficient (Wildman–Crippen LogP) is 5.63. The number of unbranched alkanes of at least 4 members (excludes halogenated alkanes) is 2. The van der Waals surface area contributed by atoms with E-state index in [1.807, 2.05) is 42.5 Å². The van der Waals surface area contributed by atoms with Crippen LogP contribution >= 0.6 is 11.6 Å². The zero-order valence-electron chi connectivity index (χ0n) is 15.3. The Morgan fingerprint density at radius 1 is 1.11 bits per heavy atom. The van der Waals surface area contributed by atoms with E-state index in [-0.39, 0.29) is 5.78 Å². The van der Waals surface area contributed by atoms with Gasteiger partial charge in [-0.25, -0.2) is 4.98 Å². The van der Waals surface area contributed by atoms with Gasteiger partial charge in [-0.3, -0.25) is 4.79 Å². The molecule has 4 heteroatoms. The predicted molar refractivity (Wildman–Crippen MR) is 112 cm³/mol. The van der Waals surface area contributed by atoms with Crippen LogP contribution in [0.25, 0.3) is 10.8 Å². The van der Waals surface area contributed by atoms with Crippen LogP contribution in [0.3, 0.4) is 0 Å². The van der Waals surface area contributed by atoms with Crippen LogP contribution in [0.15, 0.2) is 48.7 Å². The maximum atomic E-state index is 12.2. The van der Waals surface area contributed by atoms with Gasteiger partial charge in [-0.2, -0.15) is 0 Å². The highest BCUT2D eigenvalue weighted by molar-refractivity contribution is 6.31. The fourth-order valence-corrected chi connectivity index (χ4v) is 3.06. The van der Waals surface area contributed by atoms with Gasteiger partial charge in [-0.15, -0.1) is 0 Å². The number of carbonyl (C=O) groups is 1. The molecule has 0 spiro atoms. The molecule has 0 saturated carbocycles. The maximum absolute atomic E-state index is 12.2. The molecule has 136 valence electrons. The van der Waals surface area contributed by atoms with E-state index < -0.39 is 0 Å². The highest BCUT2D eigenvalue weighted by Gasteiger charge is 2.06. The number of carbonyl (C=O) groups excluding carboxylic acids is 1. The Morgan fingerprint density at radius 2 is 1.89 bits per heavy atom. The lowest BCUT2D eigenvalue weighted by atomic mass is 10.0. The van der Waals surface area contributed by atoms with Crippen molar-refractivity contribution in [2.75, 3.05) is 5.73 Å². The molecule has 0 bridgehead atoms. The lowest BCUT2D eigenvalue weighted by Gasteiger charge is -2.04. The first-order chi connectivity index (χ1) is 13.1. The number of halogens is 1. The molecule has 0 saturated heterocycles. The number of aromatic nitrogens is 1. The van der Waals surface area contributed by atoms with Gasteiger partial charge in [-0.1, -0.05) is 61.4 Å². The lowest BCUT2D eigenvalue weighted by Crippen LogP contribution is -1.98. The number of nitrogens with zero attached hydrogens (tertiary/aromatic N) is 1. The van der Waals surface area contributed by atoms with Gasteiger partial charge in [0, 0.05) is 39.5 Å². The van der Waals surface area contributed by atoms with Gasteiger partial charge in [0.2, 0.25) is 0 Å². The standard InChI is InChI=1S/C23H21ClN2O/c1-2-3-4-5-22(27)17-9-6-16(7-10-17)8-13-20-21-14-19(24)12-11-18(21)15-26-23(20)25/h6-7,9-12,14-15H,2-5H2,1H3,(H2,25,26). The van der Waals surface area contributed by atoms with E-state index in [0.29, 0.717) is 22.8 Å². The number of anilines is 1. The average molecular weight is 377 g/mol. The van der Waals surface area contributed by atoms with Crippen molar-refractivity contribution in [3.8, 4) is 11.8 Å². The van der Waals surface area contributed by atoms with Crippen LogP contribution in [0.2, 0.25) is 5.02 Å². The van der Waals surface area contributed by atoms with Crippen molar-refractivity contribution in [2.24, 2.45) is 0 Å². The number of nitrogen functional groups attached to an aromatic ring is 1. The van der Waals surface area contributed by atoms with Crippen molar-refractivity contribution in [2.45, 2.75) is 32.6 Å². The lowest BCUT2D eigenvalue weighted by molar-refractivity contribution is 0.0979. The fraction of sp³-hybridized carbons (Fsp3) is 0.217. The highest BCUT2D eigenvalue weighted by atomic mass is 35.5. The second-order valence-electron chi connectivity index (χ2n) is 6.46. The summed E-state index contributed by atoms with van der Waals surface area (Å²) in [5, 5.41) is 2.44. The minimum atomic E-state index is 0.181. The van der Waals surface area contributed by atoms with E-state index >= 15 is 0 Å². The number of rotatable bonds is 5. The van der Waals surface area contributed by atoms with Gasteiger partial charge < -0.3 is 5.73 Å². The number of ketones is 1. The van der Waals surface area contributed by atoms with E-state index in [9.17, 15) is 4.79 Å². The number of benzene rings is 2. The third kappa shape index (κ3) is 4.67. The smallest absolute Gasteiger partial charge is 0.162 e. The first kappa shape index (κ1) is 18.9. The molecule has 1 heterocycles. The molecule has 0 aliphatic rings. The van der Waals surface area contributed by atoms with E-state index in [2.05, 4.69) is 23.7 Å². The summed E-state index contributed by atoms with van der Waals surface area (Å²) in [6.45, 7) is 2.13. The second-order valence-corrected chi connectivity index (χ2v) is 6.89. The van der Waals surface area contributed by atoms with E-state index in [1.54, 1.807) is 6.20 Å². The Hall–Kier alpha value is -2.83. The van der Waals surface area contributed by atoms with Gasteiger partial charge in [0.1, 0.15) is 5.82 Å². The summed E-state index contributed by atoms with van der Waals surface area (Å²) in [5.74, 6) is 6.77. The van der Waals surface area contributed by atoms with E-state index in [1.165, 1.54) is 0 Å². The number of hydrogen-bond acceptors (Lipinski definition) is 3. The third-order valence-corrected chi connectivity index (χ3v) is 4.66. The first-order valence-corrected chi connectivity index (χ1v) is 9.45. The summed E-state index contributed by atoms with van der Waals surface area (Å²) < 4.78 is 0. The van der Waals surface area contributed by atoms with Gasteiger partial charge in [0.25, 0.3) is 0 Å². The monoisotopic (exact) mass is 376 g/mol. The summed E-state index contributed by atoms with van der Waals surface area (Å²) in [6, 6.07) is 12.9. The van der Waals surface area contributed by atoms with Crippen molar-refractivity contribution in [1.29, 1.82) is 0 Å². The normalized spacial score (nSPS) is 10.4. The molecular weight excluding hydrogens is 356 g/mol. The SMILES string of the molecule is CCCCCC(=O)c1ccc(C#Cc2c(N)ncc3ccc(Cl)cc23)cc1. The summed E-state index contributed by atoms with van der Waals surface area (Å²) in [7, 11) is 0. The molecular formula is C23H21ClN2O. The summed E-state index contributed by atoms with van der Waals surface area (Å²) in [6.07, 6.45) is 5.44. The highest BCUT2D eigenvalue weighted by Crippen LogP contribution is 2.24. The van der Waals surface area contributed by atoms with Crippen molar-refractivity contribution in [3.05, 3.63) is 70.4 Å². The summed E-state index contributed by atoms with van der Waals surface area (Å²) >= 11 is 6.11. The number of nitrogens with two attached hydrogens (primary N) is 1. The molecule has 27 heavy (non-hydrogen) atoms. The van der Waals surface area contributed by atoms with Crippen LogP contribution in [0, 0.1) is 11.8 Å². The van der Waals surface area contributed by atoms with Crippen molar-refractivity contribution >= 4 is 34.0 Å². The molecule has 2 aromatic carbocycles. The molecule has 0 aliphatic carbocycles. The molecule has 0 amide bonds. The van der Waals surface area contributed by atoms with Crippen molar-refractivity contribution < 1.29 is 4.79 Å². The molecule has 3 aromatic rings. The Balaban J connectivity index is 1.84. The molecule has 0 aliphatic heterocycles. The van der Waals surface area contributed by atoms with Crippen LogP contribution < -0.4 is 5.73 Å². The van der Waals surface area contributed by atoms with Crippen molar-refractivity contribution in [1.82, 2.24) is 4.98 Å². The van der Waals surface area contributed by atoms with Crippen LogP contribution in [-0.2, 0) is 0 Å². The van der Waals surface area contributed by atoms with Crippen LogP contribution in [0.4, 0.5) is 5.82 Å². The fourth-order valence-electron chi connectivity index (χ4n) is 2.88. The third-order valence-electron chi connectivity index (χ3n) is 4.43. The Kier molecular flexibility index (Phi) is 6.11. The number of fused-ring (bicyclic) bond motifs is 1. The second kappa shape index (κ2) is 8.70. The van der Waals surface area contributed by atoms with Crippen LogP contribution in [0.5, 0.6) is 0 Å². The molecule has 3 nitrogen and oxygen atoms in total. The van der Waals surface area contributed by atoms with Crippen molar-refractivity contribution in [3.63, 3.8) is 0 Å². The summed E-state index contributed by atoms with van der Waals surface area (Å²) in [5.41, 5.74) is 8.23. The molecule has 0 fully saturated rings. The first-order valence-electron chi connectivity index (χ1n) is 9.07. The minimum Gasteiger partial charge on any atom is -0.383 e. The summed E-state index contributed by atoms with van der Waals surface area (Å²) in [4.78, 5) is 16.4. The zero-order chi connectivity index (χ0) is 19.2. The Bertz CT molecular complexity index is 1020. The van der Waals surface area contributed by atoms with E-state index in [0.717, 1.165) is 41.2 Å². The molecule has 0 atom stereocenters. The van der Waals surface area contributed by atoms with Gasteiger partial charge in [0.15, 0.2) is 5.78 Å². The average Bonchev–Trinajstić information content (AvgIpc) is 2.67. The molecule has 0 unspecified atom stereocenters. The Morgan fingerprint density at radius 3 is 2.63 bits per heavy atom. The number of pyridine rings is 1. The molecule has 3 rings (SSSR count).